The number of hydrogen-bond donors (Lipinski definition) is 1. The van der Waals surface area contributed by atoms with Crippen LogP contribution in [-0.2, 0) is 6.42 Å². The molecule has 0 atom stereocenters. The Morgan fingerprint density at radius 2 is 1.24 bits per heavy atom. The Morgan fingerprint density at radius 1 is 0.724 bits per heavy atom. The maximum atomic E-state index is 4.34. The van der Waals surface area contributed by atoms with Crippen molar-refractivity contribution in [1.82, 2.24) is 9.97 Å². The third-order valence-electron chi connectivity index (χ3n) is 5.34. The SMILES string of the molecule is CB(c1ccccc1)c1ccccc1.Cc1cnc(Cc2c(C)cccc2C)[nH]1. The van der Waals surface area contributed by atoms with Gasteiger partial charge in [-0.15, -0.1) is 0 Å². The molecule has 4 rings (SSSR count). The van der Waals surface area contributed by atoms with Gasteiger partial charge in [0.25, 0.3) is 0 Å². The smallest absolute Gasteiger partial charge is 0.206 e. The van der Waals surface area contributed by atoms with Crippen LogP contribution in [0.3, 0.4) is 0 Å². The van der Waals surface area contributed by atoms with E-state index in [0.29, 0.717) is 6.71 Å². The Kier molecular flexibility index (Phi) is 7.07. The first kappa shape index (κ1) is 20.7. The average molecular weight is 380 g/mol. The number of aryl methyl sites for hydroxylation is 3. The van der Waals surface area contributed by atoms with E-state index in [1.165, 1.54) is 27.6 Å². The molecule has 0 bridgehead atoms. The summed E-state index contributed by atoms with van der Waals surface area (Å²) >= 11 is 0. The average Bonchev–Trinajstić information content (AvgIpc) is 3.17. The molecule has 1 aromatic heterocycles. The highest BCUT2D eigenvalue weighted by Crippen LogP contribution is 2.16. The van der Waals surface area contributed by atoms with Gasteiger partial charge in [0, 0.05) is 18.3 Å². The molecule has 1 N–H and O–H groups in total. The van der Waals surface area contributed by atoms with Gasteiger partial charge >= 0.3 is 0 Å². The Bertz CT molecular complexity index is 963. The minimum absolute atomic E-state index is 0.484. The molecule has 0 saturated carbocycles. The van der Waals surface area contributed by atoms with Gasteiger partial charge in [0.05, 0.1) is 0 Å². The molecule has 0 saturated heterocycles. The summed E-state index contributed by atoms with van der Waals surface area (Å²) in [5, 5.41) is 0. The van der Waals surface area contributed by atoms with Gasteiger partial charge in [-0.05, 0) is 37.5 Å². The highest BCUT2D eigenvalue weighted by atomic mass is 14.9. The number of rotatable bonds is 4. The second kappa shape index (κ2) is 9.93. The van der Waals surface area contributed by atoms with Gasteiger partial charge in [0.1, 0.15) is 5.82 Å². The molecule has 146 valence electrons. The van der Waals surface area contributed by atoms with E-state index in [0.717, 1.165) is 17.9 Å². The molecule has 1 heterocycles. The number of nitrogens with zero attached hydrogens (tertiary/aromatic N) is 1. The van der Waals surface area contributed by atoms with Crippen molar-refractivity contribution in [3.8, 4) is 0 Å². The molecule has 4 aromatic rings. The van der Waals surface area contributed by atoms with Crippen LogP contribution in [0, 0.1) is 20.8 Å². The van der Waals surface area contributed by atoms with E-state index in [1.807, 2.05) is 13.1 Å². The number of benzene rings is 3. The summed E-state index contributed by atoms with van der Waals surface area (Å²) in [7, 11) is 0. The maximum absolute atomic E-state index is 4.34. The van der Waals surface area contributed by atoms with Gasteiger partial charge in [0.15, 0.2) is 0 Å². The van der Waals surface area contributed by atoms with Gasteiger partial charge in [0.2, 0.25) is 6.71 Å². The van der Waals surface area contributed by atoms with Crippen LogP contribution in [-0.4, -0.2) is 16.7 Å². The fourth-order valence-corrected chi connectivity index (χ4v) is 3.53. The molecule has 3 aromatic carbocycles. The summed E-state index contributed by atoms with van der Waals surface area (Å²) in [4.78, 5) is 7.61. The van der Waals surface area contributed by atoms with E-state index in [1.54, 1.807) is 0 Å². The number of hydrogen-bond acceptors (Lipinski definition) is 1. The Labute approximate surface area is 175 Å². The van der Waals surface area contributed by atoms with Crippen molar-refractivity contribution < 1.29 is 0 Å². The summed E-state index contributed by atoms with van der Waals surface area (Å²) in [6.45, 7) is 9.06. The minimum atomic E-state index is 0.484. The summed E-state index contributed by atoms with van der Waals surface area (Å²) < 4.78 is 0. The van der Waals surface area contributed by atoms with E-state index in [4.69, 9.17) is 0 Å². The molecular weight excluding hydrogens is 351 g/mol. The van der Waals surface area contributed by atoms with Crippen LogP contribution in [0.4, 0.5) is 0 Å². The lowest BCUT2D eigenvalue weighted by Crippen LogP contribution is -2.38. The summed E-state index contributed by atoms with van der Waals surface area (Å²) in [5.41, 5.74) is 7.92. The van der Waals surface area contributed by atoms with Gasteiger partial charge < -0.3 is 4.98 Å². The van der Waals surface area contributed by atoms with Crippen molar-refractivity contribution in [2.45, 2.75) is 34.0 Å². The highest BCUT2D eigenvalue weighted by molar-refractivity contribution is 6.84. The third-order valence-corrected chi connectivity index (χ3v) is 5.34. The molecule has 0 unspecified atom stereocenters. The zero-order valence-electron chi connectivity index (χ0n) is 17.8. The monoisotopic (exact) mass is 380 g/mol. The lowest BCUT2D eigenvalue weighted by atomic mass is 9.43. The first-order valence-corrected chi connectivity index (χ1v) is 10.2. The maximum Gasteiger partial charge on any atom is 0.206 e. The molecular formula is C26H29BN2. The van der Waals surface area contributed by atoms with Crippen molar-refractivity contribution in [3.63, 3.8) is 0 Å². The zero-order valence-corrected chi connectivity index (χ0v) is 17.8. The van der Waals surface area contributed by atoms with Crippen LogP contribution >= 0.6 is 0 Å². The van der Waals surface area contributed by atoms with Crippen LogP contribution in [0.2, 0.25) is 6.82 Å². The van der Waals surface area contributed by atoms with Crippen molar-refractivity contribution in [2.24, 2.45) is 0 Å². The van der Waals surface area contributed by atoms with Crippen molar-refractivity contribution in [3.05, 3.63) is 113 Å². The Balaban J connectivity index is 0.000000166. The summed E-state index contributed by atoms with van der Waals surface area (Å²) in [5.74, 6) is 1.05. The predicted molar refractivity (Wildman–Crippen MR) is 126 cm³/mol. The fraction of sp³-hybridized carbons (Fsp3) is 0.192. The van der Waals surface area contributed by atoms with Crippen molar-refractivity contribution >= 4 is 17.6 Å². The fourth-order valence-electron chi connectivity index (χ4n) is 3.53. The quantitative estimate of drug-likeness (QED) is 0.504. The van der Waals surface area contributed by atoms with E-state index < -0.39 is 0 Å². The third kappa shape index (κ3) is 5.71. The summed E-state index contributed by atoms with van der Waals surface area (Å²) in [6.07, 6.45) is 2.77. The predicted octanol–water partition coefficient (Wildman–Crippen LogP) is 4.85. The first-order valence-electron chi connectivity index (χ1n) is 10.2. The molecule has 0 spiro atoms. The topological polar surface area (TPSA) is 28.7 Å². The van der Waals surface area contributed by atoms with Crippen molar-refractivity contribution in [1.29, 1.82) is 0 Å². The molecule has 0 radical (unpaired) electrons. The van der Waals surface area contributed by atoms with E-state index in [9.17, 15) is 0 Å². The molecule has 0 aliphatic rings. The van der Waals surface area contributed by atoms with Crippen LogP contribution < -0.4 is 10.9 Å². The van der Waals surface area contributed by atoms with E-state index in [-0.39, 0.29) is 0 Å². The van der Waals surface area contributed by atoms with Gasteiger partial charge in [-0.1, -0.05) is 96.6 Å². The molecule has 0 aliphatic heterocycles. The summed E-state index contributed by atoms with van der Waals surface area (Å²) in [6, 6.07) is 27.6. The van der Waals surface area contributed by atoms with Gasteiger partial charge in [-0.25, -0.2) is 4.98 Å². The number of H-pyrrole nitrogens is 1. The van der Waals surface area contributed by atoms with Gasteiger partial charge in [-0.3, -0.25) is 0 Å². The minimum Gasteiger partial charge on any atom is -0.346 e. The molecule has 0 fully saturated rings. The molecule has 29 heavy (non-hydrogen) atoms. The standard InChI is InChI=1S/C13H13B.C13H16N2/c1-14(12-8-4-2-5-9-12)13-10-6-3-7-11-13;1-9-5-4-6-10(2)12(9)7-13-14-8-11(3)15-13/h2-11H,1H3;4-6,8H,7H2,1-3H3,(H,14,15). The number of aromatic nitrogens is 2. The van der Waals surface area contributed by atoms with Crippen LogP contribution in [0.5, 0.6) is 0 Å². The van der Waals surface area contributed by atoms with Crippen LogP contribution in [0.25, 0.3) is 0 Å². The number of aromatic amines is 1. The lowest BCUT2D eigenvalue weighted by Gasteiger charge is -2.08. The van der Waals surface area contributed by atoms with E-state index in [2.05, 4.69) is 110 Å². The van der Waals surface area contributed by atoms with Gasteiger partial charge in [-0.2, -0.15) is 0 Å². The highest BCUT2D eigenvalue weighted by Gasteiger charge is 2.10. The molecule has 0 aliphatic carbocycles. The van der Waals surface area contributed by atoms with Crippen LogP contribution in [0.15, 0.2) is 85.1 Å². The lowest BCUT2D eigenvalue weighted by molar-refractivity contribution is 0.994. The Morgan fingerprint density at radius 3 is 1.69 bits per heavy atom. The Hall–Kier alpha value is -3.07. The van der Waals surface area contributed by atoms with E-state index >= 15 is 0 Å². The number of imidazole rings is 1. The molecule has 2 nitrogen and oxygen atoms in total. The second-order valence-corrected chi connectivity index (χ2v) is 7.60. The van der Waals surface area contributed by atoms with Crippen molar-refractivity contribution in [2.75, 3.05) is 0 Å². The zero-order chi connectivity index (χ0) is 20.6. The number of nitrogens with one attached hydrogen (secondary N) is 1. The normalized spacial score (nSPS) is 10.2. The second-order valence-electron chi connectivity index (χ2n) is 7.60. The molecule has 3 heteroatoms. The first-order chi connectivity index (χ1) is 14.0. The largest absolute Gasteiger partial charge is 0.346 e. The van der Waals surface area contributed by atoms with Crippen LogP contribution in [0.1, 0.15) is 28.2 Å². The molecule has 0 amide bonds.